The van der Waals surface area contributed by atoms with E-state index in [4.69, 9.17) is 25.9 Å². The van der Waals surface area contributed by atoms with Crippen molar-refractivity contribution in [2.75, 3.05) is 13.1 Å². The summed E-state index contributed by atoms with van der Waals surface area (Å²) >= 11 is 0. The minimum atomic E-state index is -1.42. The number of hydrogen-bond acceptors (Lipinski definition) is 10. The number of fused-ring (bicyclic) bond motifs is 1. The van der Waals surface area contributed by atoms with Crippen LogP contribution in [0.2, 0.25) is 0 Å². The number of amides is 1. The van der Waals surface area contributed by atoms with E-state index in [2.05, 4.69) is 21.7 Å². The predicted molar refractivity (Wildman–Crippen MR) is 167 cm³/mol. The normalized spacial score (nSPS) is 28.3. The van der Waals surface area contributed by atoms with Gasteiger partial charge in [0.1, 0.15) is 6.04 Å². The van der Waals surface area contributed by atoms with E-state index in [1.165, 1.54) is 12.8 Å². The Hall–Kier alpha value is -2.51. The Morgan fingerprint density at radius 1 is 1.34 bits per heavy atom. The van der Waals surface area contributed by atoms with Crippen LogP contribution in [0.5, 0.6) is 11.5 Å². The van der Waals surface area contributed by atoms with Gasteiger partial charge in [-0.2, -0.15) is 0 Å². The number of nitrogens with zero attached hydrogens (tertiary/aromatic N) is 1. The third-order valence-corrected chi connectivity index (χ3v) is 10.3. The molecule has 1 spiro atoms. The van der Waals surface area contributed by atoms with Crippen LogP contribution < -0.4 is 20.3 Å². The molecule has 2 aliphatic carbocycles. The summed E-state index contributed by atoms with van der Waals surface area (Å²) in [5, 5.41) is 15.4. The molecule has 1 saturated carbocycles. The molecule has 11 nitrogen and oxygen atoms in total. The van der Waals surface area contributed by atoms with Gasteiger partial charge in [-0.3, -0.25) is 4.79 Å². The topological polar surface area (TPSA) is 150 Å². The molecule has 238 valence electrons. The molecule has 0 radical (unpaired) electrons. The Balaban J connectivity index is 1.43. The molecule has 2 heterocycles. The van der Waals surface area contributed by atoms with Crippen LogP contribution >= 0.6 is 17.7 Å². The Morgan fingerprint density at radius 2 is 2.07 bits per heavy atom. The van der Waals surface area contributed by atoms with E-state index in [9.17, 15) is 19.5 Å². The first-order valence-corrected chi connectivity index (χ1v) is 16.4. The molecule has 4 N–H and O–H groups in total. The van der Waals surface area contributed by atoms with Crippen LogP contribution in [0.25, 0.3) is 0 Å². The summed E-state index contributed by atoms with van der Waals surface area (Å²) in [5.74, 6) is 0.0658. The summed E-state index contributed by atoms with van der Waals surface area (Å²) in [6.07, 6.45) is 9.86. The van der Waals surface area contributed by atoms with Gasteiger partial charge in [-0.05, 0) is 6.42 Å². The number of carbonyl (C=O) groups is 3. The Labute approximate surface area is 262 Å². The van der Waals surface area contributed by atoms with Crippen LogP contribution in [-0.4, -0.2) is 70.3 Å². The van der Waals surface area contributed by atoms with Gasteiger partial charge in [-0.25, -0.2) is 0 Å². The summed E-state index contributed by atoms with van der Waals surface area (Å²) < 4.78 is 22.9. The zero-order valence-electron chi connectivity index (χ0n) is 25.6. The molecule has 1 saturated heterocycles. The van der Waals surface area contributed by atoms with Gasteiger partial charge in [0.2, 0.25) is 0 Å². The van der Waals surface area contributed by atoms with Crippen molar-refractivity contribution in [3.05, 3.63) is 35.1 Å². The van der Waals surface area contributed by atoms with E-state index < -0.39 is 46.5 Å². The summed E-state index contributed by atoms with van der Waals surface area (Å²) in [4.78, 5) is 40.2. The van der Waals surface area contributed by atoms with Gasteiger partial charge < -0.3 is 10.3 Å². The number of aryl methyl sites for hydroxylation is 1. The van der Waals surface area contributed by atoms with Gasteiger partial charge in [-0.15, -0.1) is 0 Å². The Morgan fingerprint density at radius 3 is 2.73 bits per heavy atom. The van der Waals surface area contributed by atoms with E-state index >= 15 is 0 Å². The second-order valence-electron chi connectivity index (χ2n) is 13.0. The number of likely N-dealkylation sites (tertiary alicyclic amines) is 1. The van der Waals surface area contributed by atoms with Crippen LogP contribution in [0.15, 0.2) is 24.0 Å². The average molecular weight is 647 g/mol. The second kappa shape index (κ2) is 12.4. The van der Waals surface area contributed by atoms with Crippen LogP contribution in [0.4, 0.5) is 0 Å². The maximum absolute atomic E-state index is 13.6. The summed E-state index contributed by atoms with van der Waals surface area (Å²) in [6, 6.07) is 2.58. The molecule has 2 fully saturated rings. The molecule has 0 aromatic heterocycles. The number of benzene rings is 1. The van der Waals surface area contributed by atoms with Crippen molar-refractivity contribution in [3.8, 4) is 17.6 Å². The van der Waals surface area contributed by atoms with E-state index in [-0.39, 0.29) is 39.3 Å². The monoisotopic (exact) mass is 646 g/mol. The van der Waals surface area contributed by atoms with Gasteiger partial charge in [-0.1, -0.05) is 0 Å². The first-order chi connectivity index (χ1) is 20.8. The molecular weight excluding hydrogens is 604 g/mol. The SMILES string of the molecule is C#[P+]Oc1ccc(C)c2c1O[C@H]1C(OC(=O)C(C)(C)NC(=O)CCC(N)C(=O)OP)=CC[C@@]3(O)[C@@H](C)N(CC4CC4)CC[C@]213. The van der Waals surface area contributed by atoms with Crippen molar-refractivity contribution in [3.63, 3.8) is 0 Å². The van der Waals surface area contributed by atoms with Crippen molar-refractivity contribution in [1.29, 1.82) is 0 Å². The summed E-state index contributed by atoms with van der Waals surface area (Å²) in [6.45, 7) is 8.82. The van der Waals surface area contributed by atoms with Crippen LogP contribution in [0, 0.1) is 19.0 Å². The van der Waals surface area contributed by atoms with Crippen molar-refractivity contribution < 1.29 is 38.0 Å². The molecule has 2 unspecified atom stereocenters. The molecule has 6 atom stereocenters. The van der Waals surface area contributed by atoms with Gasteiger partial charge in [0.15, 0.2) is 0 Å². The van der Waals surface area contributed by atoms with Gasteiger partial charge in [0.25, 0.3) is 0 Å². The quantitative estimate of drug-likeness (QED) is 0.256. The molecule has 1 aromatic rings. The third-order valence-electron chi connectivity index (χ3n) is 9.75. The van der Waals surface area contributed by atoms with Crippen LogP contribution in [0.3, 0.4) is 0 Å². The fourth-order valence-corrected chi connectivity index (χ4v) is 7.53. The number of nitrogens with one attached hydrogen (secondary N) is 1. The second-order valence-corrected chi connectivity index (χ2v) is 13.6. The van der Waals surface area contributed by atoms with Gasteiger partial charge >= 0.3 is 225 Å². The Bertz CT molecular complexity index is 1420. The molecule has 4 aliphatic rings. The number of piperidine rings is 1. The van der Waals surface area contributed by atoms with Crippen molar-refractivity contribution in [2.45, 2.75) is 101 Å². The molecule has 1 amide bonds. The molecule has 1 aromatic carbocycles. The number of nitrogens with two attached hydrogens (primary N) is 1. The van der Waals surface area contributed by atoms with Crippen LogP contribution in [0.1, 0.15) is 70.4 Å². The van der Waals surface area contributed by atoms with Gasteiger partial charge in [0.05, 0.1) is 9.47 Å². The first kappa shape index (κ1) is 32.9. The number of rotatable bonds is 10. The summed E-state index contributed by atoms with van der Waals surface area (Å²) in [5.41, 5.74) is 3.96. The maximum atomic E-state index is 13.6. The molecule has 2 aliphatic heterocycles. The average Bonchev–Trinajstić information content (AvgIpc) is 3.73. The minimum absolute atomic E-state index is 0.0482. The van der Waals surface area contributed by atoms with Crippen LogP contribution in [-0.2, 0) is 29.1 Å². The zero-order valence-corrected chi connectivity index (χ0v) is 27.7. The number of carbonyl (C=O) groups excluding carboxylic acids is 3. The standard InChI is InChI=1S/C31H41N3O8P2/c1-17-6-10-21(42-44-5)25-24(17)30-14-15-34(16-19-7-8-19)18(2)31(30,38)13-12-22(26(30)40-25)39-28(37)29(3,4)33-23(35)11-9-20(32)27(36)41-43/h5-6,10,12,18-20,26,38H,7-9,11,13-16,32,43H2,1-4H3/p+1/t18-,20?,26+,30+,31-/m1/s1. The number of ether oxygens (including phenoxy) is 2. The summed E-state index contributed by atoms with van der Waals surface area (Å²) in [7, 11) is 2.03. The van der Waals surface area contributed by atoms with Gasteiger partial charge in [0, 0.05) is 0 Å². The molecule has 44 heavy (non-hydrogen) atoms. The molecule has 0 bridgehead atoms. The molecule has 5 rings (SSSR count). The number of aliphatic hydroxyl groups is 1. The number of esters is 1. The van der Waals surface area contributed by atoms with Crippen molar-refractivity contribution >= 4 is 35.6 Å². The Kier molecular flexibility index (Phi) is 9.23. The van der Waals surface area contributed by atoms with Crippen molar-refractivity contribution in [1.82, 2.24) is 10.2 Å². The fourth-order valence-electron chi connectivity index (χ4n) is 7.10. The molecular formula is C31H42N3O8P2+. The predicted octanol–water partition coefficient (Wildman–Crippen LogP) is 3.22. The third kappa shape index (κ3) is 5.68. The van der Waals surface area contributed by atoms with Crippen molar-refractivity contribution in [2.24, 2.45) is 11.7 Å². The van der Waals surface area contributed by atoms with E-state index in [0.717, 1.165) is 24.2 Å². The fraction of sp³-hybridized carbons (Fsp3) is 0.613. The van der Waals surface area contributed by atoms with E-state index in [1.807, 2.05) is 22.5 Å². The molecule has 13 heteroatoms. The van der Waals surface area contributed by atoms with E-state index in [0.29, 0.717) is 23.8 Å². The number of hydrogen-bond donors (Lipinski definition) is 3. The zero-order chi connectivity index (χ0) is 32.0. The van der Waals surface area contributed by atoms with E-state index in [1.54, 1.807) is 26.0 Å². The first-order valence-electron chi connectivity index (χ1n) is 15.0.